The maximum atomic E-state index is 12.1. The van der Waals surface area contributed by atoms with Crippen LogP contribution >= 0.6 is 0 Å². The van der Waals surface area contributed by atoms with Crippen LogP contribution in [-0.4, -0.2) is 49.5 Å². The molecule has 0 aliphatic heterocycles. The van der Waals surface area contributed by atoms with Gasteiger partial charge in [0.05, 0.1) is 0 Å². The van der Waals surface area contributed by atoms with Gasteiger partial charge in [-0.05, 0) is 38.6 Å². The number of aromatic nitrogens is 1. The fourth-order valence-corrected chi connectivity index (χ4v) is 2.19. The molecule has 0 aliphatic rings. The van der Waals surface area contributed by atoms with Crippen LogP contribution in [0.5, 0.6) is 0 Å². The number of nitrogens with zero attached hydrogens (tertiary/aromatic N) is 2. The summed E-state index contributed by atoms with van der Waals surface area (Å²) in [6, 6.07) is 3.63. The first-order valence-corrected chi connectivity index (χ1v) is 6.97. The van der Waals surface area contributed by atoms with Crippen molar-refractivity contribution in [2.24, 2.45) is 5.41 Å². The highest BCUT2D eigenvalue weighted by atomic mass is 16.1. The van der Waals surface area contributed by atoms with Crippen molar-refractivity contribution >= 4 is 11.6 Å². The van der Waals surface area contributed by atoms with Gasteiger partial charge in [0.15, 0.2) is 0 Å². The van der Waals surface area contributed by atoms with Crippen molar-refractivity contribution in [2.75, 3.05) is 39.0 Å². The van der Waals surface area contributed by atoms with Crippen LogP contribution in [0.1, 0.15) is 31.3 Å². The van der Waals surface area contributed by atoms with Crippen molar-refractivity contribution in [1.29, 1.82) is 0 Å². The fraction of sp³-hybridized carbons (Fsp3) is 0.600. The summed E-state index contributed by atoms with van der Waals surface area (Å²) in [5, 5.41) is 6.13. The van der Waals surface area contributed by atoms with Crippen LogP contribution in [0, 0.1) is 5.41 Å². The Morgan fingerprint density at radius 1 is 1.40 bits per heavy atom. The van der Waals surface area contributed by atoms with E-state index in [2.05, 4.69) is 34.4 Å². The molecule has 0 saturated carbocycles. The summed E-state index contributed by atoms with van der Waals surface area (Å²) in [6.07, 6.45) is 1.65. The van der Waals surface area contributed by atoms with Gasteiger partial charge in [0.2, 0.25) is 0 Å². The summed E-state index contributed by atoms with van der Waals surface area (Å²) >= 11 is 0. The summed E-state index contributed by atoms with van der Waals surface area (Å²) < 4.78 is 0. The minimum atomic E-state index is -0.128. The predicted octanol–water partition coefficient (Wildman–Crippen LogP) is 1.83. The van der Waals surface area contributed by atoms with Crippen LogP contribution < -0.4 is 10.6 Å². The summed E-state index contributed by atoms with van der Waals surface area (Å²) in [4.78, 5) is 18.4. The third kappa shape index (κ3) is 5.57. The molecule has 1 amide bonds. The highest BCUT2D eigenvalue weighted by Gasteiger charge is 2.20. The number of pyridine rings is 1. The smallest absolute Gasteiger partial charge is 0.269 e. The van der Waals surface area contributed by atoms with Crippen molar-refractivity contribution < 1.29 is 4.79 Å². The normalized spacial score (nSPS) is 11.5. The summed E-state index contributed by atoms with van der Waals surface area (Å²) in [5.74, 6) is -0.128. The van der Waals surface area contributed by atoms with E-state index < -0.39 is 0 Å². The first-order chi connectivity index (χ1) is 9.34. The Balaban J connectivity index is 2.60. The van der Waals surface area contributed by atoms with Crippen molar-refractivity contribution in [3.05, 3.63) is 24.0 Å². The highest BCUT2D eigenvalue weighted by molar-refractivity contribution is 5.93. The van der Waals surface area contributed by atoms with Crippen LogP contribution in [0.15, 0.2) is 18.3 Å². The monoisotopic (exact) mass is 278 g/mol. The van der Waals surface area contributed by atoms with Gasteiger partial charge in [-0.25, -0.2) is 0 Å². The molecule has 1 aromatic rings. The number of nitrogens with one attached hydrogen (secondary N) is 2. The lowest BCUT2D eigenvalue weighted by Crippen LogP contribution is -2.40. The molecule has 0 atom stereocenters. The van der Waals surface area contributed by atoms with Gasteiger partial charge in [-0.3, -0.25) is 9.78 Å². The SMILES string of the molecule is CCNc1ccnc(C(=O)NCC(C)(C)CN(C)C)c1. The molecule has 0 aliphatic carbocycles. The summed E-state index contributed by atoms with van der Waals surface area (Å²) in [7, 11) is 4.07. The number of hydrogen-bond donors (Lipinski definition) is 2. The number of amides is 1. The maximum Gasteiger partial charge on any atom is 0.269 e. The Morgan fingerprint density at radius 3 is 2.70 bits per heavy atom. The Hall–Kier alpha value is -1.62. The second kappa shape index (κ2) is 7.24. The van der Waals surface area contributed by atoms with Crippen molar-refractivity contribution in [3.63, 3.8) is 0 Å². The molecule has 5 nitrogen and oxygen atoms in total. The molecule has 0 fully saturated rings. The number of anilines is 1. The van der Waals surface area contributed by atoms with Crippen LogP contribution in [0.2, 0.25) is 0 Å². The number of rotatable bonds is 7. The van der Waals surface area contributed by atoms with Crippen molar-refractivity contribution in [2.45, 2.75) is 20.8 Å². The van der Waals surface area contributed by atoms with Crippen LogP contribution in [-0.2, 0) is 0 Å². The zero-order chi connectivity index (χ0) is 15.2. The fourth-order valence-electron chi connectivity index (χ4n) is 2.19. The molecule has 112 valence electrons. The molecule has 0 radical (unpaired) electrons. The predicted molar refractivity (Wildman–Crippen MR) is 83.1 cm³/mol. The average Bonchev–Trinajstić information content (AvgIpc) is 2.35. The first-order valence-electron chi connectivity index (χ1n) is 6.97. The Kier molecular flexibility index (Phi) is 5.95. The van der Waals surface area contributed by atoms with Crippen molar-refractivity contribution in [1.82, 2.24) is 15.2 Å². The van der Waals surface area contributed by atoms with Crippen LogP contribution in [0.3, 0.4) is 0 Å². The van der Waals surface area contributed by atoms with E-state index in [9.17, 15) is 4.79 Å². The molecule has 20 heavy (non-hydrogen) atoms. The third-order valence-corrected chi connectivity index (χ3v) is 2.85. The van der Waals surface area contributed by atoms with Gasteiger partial charge in [0.25, 0.3) is 5.91 Å². The molecule has 0 unspecified atom stereocenters. The lowest BCUT2D eigenvalue weighted by atomic mass is 9.93. The third-order valence-electron chi connectivity index (χ3n) is 2.85. The van der Waals surface area contributed by atoms with Gasteiger partial charge in [-0.1, -0.05) is 13.8 Å². The van der Waals surface area contributed by atoms with E-state index in [0.29, 0.717) is 12.2 Å². The minimum absolute atomic E-state index is 0.0262. The molecule has 2 N–H and O–H groups in total. The van der Waals surface area contributed by atoms with E-state index >= 15 is 0 Å². The molecule has 0 saturated heterocycles. The minimum Gasteiger partial charge on any atom is -0.385 e. The lowest BCUT2D eigenvalue weighted by Gasteiger charge is -2.28. The number of hydrogen-bond acceptors (Lipinski definition) is 4. The zero-order valence-electron chi connectivity index (χ0n) is 13.2. The first kappa shape index (κ1) is 16.4. The summed E-state index contributed by atoms with van der Waals surface area (Å²) in [5.41, 5.74) is 1.39. The topological polar surface area (TPSA) is 57.3 Å². The van der Waals surface area contributed by atoms with E-state index in [1.807, 2.05) is 27.1 Å². The van der Waals surface area contributed by atoms with Crippen LogP contribution in [0.25, 0.3) is 0 Å². The van der Waals surface area contributed by atoms with Gasteiger partial charge < -0.3 is 15.5 Å². The van der Waals surface area contributed by atoms with Gasteiger partial charge in [0.1, 0.15) is 5.69 Å². The summed E-state index contributed by atoms with van der Waals surface area (Å²) in [6.45, 7) is 8.64. The largest absolute Gasteiger partial charge is 0.385 e. The Morgan fingerprint density at radius 2 is 2.10 bits per heavy atom. The van der Waals surface area contributed by atoms with Gasteiger partial charge in [0, 0.05) is 31.5 Å². The number of carbonyl (C=O) groups excluding carboxylic acids is 1. The van der Waals surface area contributed by atoms with Gasteiger partial charge in [-0.2, -0.15) is 0 Å². The number of carbonyl (C=O) groups is 1. The molecule has 5 heteroatoms. The molecule has 1 rings (SSSR count). The molecular formula is C15H26N4O. The van der Waals surface area contributed by atoms with Crippen LogP contribution in [0.4, 0.5) is 5.69 Å². The average molecular weight is 278 g/mol. The van der Waals surface area contributed by atoms with E-state index in [1.165, 1.54) is 0 Å². The van der Waals surface area contributed by atoms with Gasteiger partial charge in [-0.15, -0.1) is 0 Å². The van der Waals surface area contributed by atoms with E-state index in [4.69, 9.17) is 0 Å². The Bertz CT molecular complexity index is 443. The maximum absolute atomic E-state index is 12.1. The molecular weight excluding hydrogens is 252 g/mol. The molecule has 1 aromatic heterocycles. The van der Waals surface area contributed by atoms with E-state index in [1.54, 1.807) is 12.3 Å². The molecule has 1 heterocycles. The Labute approximate surface area is 121 Å². The zero-order valence-corrected chi connectivity index (χ0v) is 13.2. The second-order valence-electron chi connectivity index (χ2n) is 6.04. The molecule has 0 bridgehead atoms. The molecule has 0 spiro atoms. The lowest BCUT2D eigenvalue weighted by molar-refractivity contribution is 0.0924. The van der Waals surface area contributed by atoms with Crippen molar-refractivity contribution in [3.8, 4) is 0 Å². The standard InChI is InChI=1S/C15H26N4O/c1-6-16-12-7-8-17-13(9-12)14(20)18-10-15(2,3)11-19(4)5/h7-9H,6,10-11H2,1-5H3,(H,16,17)(H,18,20). The molecule has 0 aromatic carbocycles. The quantitative estimate of drug-likeness (QED) is 0.799. The highest BCUT2D eigenvalue weighted by Crippen LogP contribution is 2.14. The second-order valence-corrected chi connectivity index (χ2v) is 6.04. The van der Waals surface area contributed by atoms with E-state index in [0.717, 1.165) is 18.8 Å². The van der Waals surface area contributed by atoms with E-state index in [-0.39, 0.29) is 11.3 Å². The van der Waals surface area contributed by atoms with Gasteiger partial charge >= 0.3 is 0 Å².